The van der Waals surface area contributed by atoms with Gasteiger partial charge < -0.3 is 71.9 Å². The number of rotatable bonds is 11. The molecule has 0 saturated carbocycles. The number of alkyl halides is 9. The first kappa shape index (κ1) is 93.4. The van der Waals surface area contributed by atoms with E-state index in [0.717, 1.165) is 87.6 Å². The van der Waals surface area contributed by atoms with Gasteiger partial charge in [-0.05, 0) is 140 Å². The summed E-state index contributed by atoms with van der Waals surface area (Å²) in [6.45, 7) is 4.71. The van der Waals surface area contributed by atoms with Gasteiger partial charge in [0, 0.05) is 122 Å². The zero-order chi connectivity index (χ0) is 88.3. The number of ether oxygens (including phenoxy) is 3. The van der Waals surface area contributed by atoms with Crippen molar-refractivity contribution in [1.29, 1.82) is 0 Å². The van der Waals surface area contributed by atoms with Gasteiger partial charge >= 0.3 is 36.6 Å². The summed E-state index contributed by atoms with van der Waals surface area (Å²) in [4.78, 5) is 117. The summed E-state index contributed by atoms with van der Waals surface area (Å²) < 4.78 is 129. The number of ketones is 2. The number of amides is 4. The highest BCUT2D eigenvalue weighted by molar-refractivity contribution is 5.98. The third-order valence-corrected chi connectivity index (χ3v) is 19.5. The van der Waals surface area contributed by atoms with E-state index in [2.05, 4.69) is 111 Å². The van der Waals surface area contributed by atoms with Gasteiger partial charge in [0.1, 0.15) is 0 Å². The second kappa shape index (κ2) is 46.9. The first-order valence-electron chi connectivity index (χ1n) is 41.0. The Kier molecular flexibility index (Phi) is 35.3. The number of halogens is 9. The number of nitrogens with one attached hydrogen (secondary N) is 9. The van der Waals surface area contributed by atoms with Gasteiger partial charge in [-0.25, -0.2) is 0 Å². The number of likely N-dealkylation sites (N-methyl/N-ethyl adjacent to an activating group) is 1. The average Bonchev–Trinajstić information content (AvgIpc) is 0.841. The minimum absolute atomic E-state index is 0.000451. The molecule has 20 rings (SSSR count). The number of fused-ring (bicyclic) bond motifs is 2. The highest BCUT2D eigenvalue weighted by atomic mass is 19.4. The fraction of sp³-hybridized carbons (Fsp3) is 0.407. The number of benzene rings is 6. The van der Waals surface area contributed by atoms with E-state index in [1.807, 2.05) is 12.1 Å². The standard InChI is InChI=1S/C33H41F3N6O3.C28H33F3N8O3.C25H25F3N6O3/c34-33(35,36)23-45-32-41-30-38-22-24-13-15-25(16-14-24)28(43)12-10-8-6-4-2-1-3-5-7-9-11-21-37-29(44)26-17-19-27(20-18-26)39-31(40-30)42-32;1-3-38(4-2)15-16-39-14-13-32-23(40)20-7-5-19(6-8-20)17-33-25-35-26(37-27(36-25)42-18-28(29,30)31)34-22-11-9-21(10-12-22)24(39)41;26-25(27,28)15-37-24-33-22-30-14-16-5-7-17(8-6-16)20(35)4-2-1-3-13-29-21(36)18-9-11-19(12-10-18)31-23(32-22)34-24/h13-20H,1-12,21-23H2,(H,37,44)(H2,38,39,40,41,42);5-12H,3-4,13-18H2,1-2H3,(H,32,40)(H2,33,34,35,36,37);5-12H,1-4,13-15H2,(H,29,36)(H2,30,31,32,33,34). The molecule has 0 aliphatic carbocycles. The zero-order valence-corrected chi connectivity index (χ0v) is 68.6. The Balaban J connectivity index is 0.000000195. The van der Waals surface area contributed by atoms with Gasteiger partial charge in [-0.1, -0.05) is 139 Å². The molecule has 0 spiro atoms. The lowest BCUT2D eigenvalue weighted by Gasteiger charge is -2.27. The van der Waals surface area contributed by atoms with Crippen LogP contribution in [-0.2, 0) is 19.6 Å². The number of carbonyl (C=O) groups is 6. The molecule has 18 bridgehead atoms. The predicted molar refractivity (Wildman–Crippen MR) is 448 cm³/mol. The Morgan fingerprint density at radius 1 is 0.331 bits per heavy atom. The van der Waals surface area contributed by atoms with E-state index in [4.69, 9.17) is 14.2 Å². The fourth-order valence-corrected chi connectivity index (χ4v) is 12.7. The first-order valence-corrected chi connectivity index (χ1v) is 41.0. The van der Waals surface area contributed by atoms with E-state index in [0.29, 0.717) is 96.0 Å². The molecular weight excluding hydrogens is 1630 g/mol. The highest BCUT2D eigenvalue weighted by Crippen LogP contribution is 2.28. The van der Waals surface area contributed by atoms with Crippen molar-refractivity contribution < 1.29 is 82.5 Å². The number of anilines is 9. The lowest BCUT2D eigenvalue weighted by atomic mass is 10.0. The van der Waals surface area contributed by atoms with Gasteiger partial charge in [-0.15, -0.1) is 0 Å². The molecule has 0 unspecified atom stereocenters. The molecule has 124 heavy (non-hydrogen) atoms. The van der Waals surface area contributed by atoms with Crippen molar-refractivity contribution in [3.63, 3.8) is 0 Å². The number of Topliss-reactive ketones (excluding diaryl/α,β-unsaturated/α-hetero) is 2. The van der Waals surface area contributed by atoms with Crippen LogP contribution in [0, 0.1) is 0 Å². The smallest absolute Gasteiger partial charge is 0.422 e. The van der Waals surface area contributed by atoms with E-state index in [1.54, 1.807) is 138 Å². The van der Waals surface area contributed by atoms with Crippen molar-refractivity contribution in [1.82, 2.24) is 70.6 Å². The third kappa shape index (κ3) is 32.8. The minimum atomic E-state index is -4.58. The molecule has 29 nitrogen and oxygen atoms in total. The molecule has 0 fully saturated rings. The molecule has 3 aromatic heterocycles. The van der Waals surface area contributed by atoms with E-state index in [9.17, 15) is 68.3 Å². The summed E-state index contributed by atoms with van der Waals surface area (Å²) in [5.74, 6) is -0.895. The van der Waals surface area contributed by atoms with Crippen LogP contribution >= 0.6 is 0 Å². The van der Waals surface area contributed by atoms with E-state index in [-0.39, 0.29) is 97.1 Å². The summed E-state index contributed by atoms with van der Waals surface area (Å²) in [6, 6.07) is 39.1. The zero-order valence-electron chi connectivity index (χ0n) is 68.6. The van der Waals surface area contributed by atoms with Crippen molar-refractivity contribution in [3.05, 3.63) is 196 Å². The van der Waals surface area contributed by atoms with Gasteiger partial charge in [-0.2, -0.15) is 84.4 Å². The van der Waals surface area contributed by atoms with Gasteiger partial charge in [0.05, 0.1) is 0 Å². The quantitative estimate of drug-likeness (QED) is 0.0543. The van der Waals surface area contributed by atoms with Crippen molar-refractivity contribution >= 4 is 87.9 Å². The van der Waals surface area contributed by atoms with Gasteiger partial charge in [0.25, 0.3) is 23.6 Å². The van der Waals surface area contributed by atoms with Gasteiger partial charge in [-0.3, -0.25) is 28.8 Å². The largest absolute Gasteiger partial charge is 0.454 e. The average molecular weight is 1730 g/mol. The number of nitrogens with zero attached hydrogens (tertiary/aromatic N) is 11. The lowest BCUT2D eigenvalue weighted by Crippen LogP contribution is -2.42. The van der Waals surface area contributed by atoms with Crippen LogP contribution in [0.4, 0.5) is 92.3 Å². The number of hydrogen-bond acceptors (Lipinski definition) is 25. The second-order valence-electron chi connectivity index (χ2n) is 29.1. The summed E-state index contributed by atoms with van der Waals surface area (Å²) in [6.07, 6.45) is 1.77. The van der Waals surface area contributed by atoms with Crippen LogP contribution in [0.5, 0.6) is 18.0 Å². The Morgan fingerprint density at radius 3 is 0.944 bits per heavy atom. The highest BCUT2D eigenvalue weighted by Gasteiger charge is 2.32. The first-order chi connectivity index (χ1) is 59.6. The molecule has 38 heteroatoms. The summed E-state index contributed by atoms with van der Waals surface area (Å²) >= 11 is 0. The SMILES string of the molecule is CCN(CC)CCN1CCNC(=O)c2ccc(cc2)CNc2nc(nc(OCC(F)(F)F)n2)Nc2ccc(cc2)C1=O.O=C1CCCCCCCCCCCCCNC(=O)c2ccc(cc2)Nc2nc(nc(OCC(F)(F)F)n2)NCc2ccc1cc2.O=C1CCCCCNC(=O)c2ccc(cc2)Nc2nc(nc(OCC(F)(F)F)n2)NCc2ccc1cc2. The lowest BCUT2D eigenvalue weighted by molar-refractivity contribution is -0.155. The Bertz CT molecular complexity index is 4920. The maximum Gasteiger partial charge on any atom is 0.422 e. The van der Waals surface area contributed by atoms with Crippen LogP contribution in [0.15, 0.2) is 146 Å². The number of aromatic nitrogens is 9. The van der Waals surface area contributed by atoms with Crippen molar-refractivity contribution in [3.8, 4) is 18.0 Å². The Morgan fingerprint density at radius 2 is 0.613 bits per heavy atom. The van der Waals surface area contributed by atoms with Crippen LogP contribution in [0.25, 0.3) is 0 Å². The van der Waals surface area contributed by atoms with E-state index < -0.39 is 56.4 Å². The molecule has 0 atom stereocenters. The molecule has 660 valence electrons. The van der Waals surface area contributed by atoms with Crippen LogP contribution in [0.2, 0.25) is 0 Å². The molecule has 9 aromatic rings. The molecule has 4 amide bonds. The molecule has 14 heterocycles. The van der Waals surface area contributed by atoms with Crippen molar-refractivity contribution in [2.75, 3.05) is 104 Å². The Hall–Kier alpha value is -12.9. The summed E-state index contributed by atoms with van der Waals surface area (Å²) in [5, 5.41) is 26.3. The maximum atomic E-state index is 13.5. The monoisotopic (exact) mass is 1730 g/mol. The molecule has 0 saturated heterocycles. The molecule has 11 aliphatic rings. The van der Waals surface area contributed by atoms with Crippen LogP contribution in [0.3, 0.4) is 0 Å². The molecule has 0 radical (unpaired) electrons. The fourth-order valence-electron chi connectivity index (χ4n) is 12.7. The van der Waals surface area contributed by atoms with Gasteiger partial charge in [0.15, 0.2) is 31.4 Å². The van der Waals surface area contributed by atoms with E-state index >= 15 is 0 Å². The topological polar surface area (TPSA) is 361 Å². The number of hydrogen-bond donors (Lipinski definition) is 9. The summed E-state index contributed by atoms with van der Waals surface area (Å²) in [5.41, 5.74) is 7.00. The third-order valence-electron chi connectivity index (χ3n) is 19.5. The normalized spacial score (nSPS) is 15.4. The molecular formula is C86H99F9N20O9. The van der Waals surface area contributed by atoms with Crippen molar-refractivity contribution in [2.45, 2.75) is 155 Å². The van der Waals surface area contributed by atoms with E-state index in [1.165, 1.54) is 32.1 Å². The predicted octanol–water partition coefficient (Wildman–Crippen LogP) is 16.1. The summed E-state index contributed by atoms with van der Waals surface area (Å²) in [7, 11) is 0. The van der Waals surface area contributed by atoms with Crippen LogP contribution in [-0.4, -0.2) is 181 Å². The van der Waals surface area contributed by atoms with Crippen LogP contribution < -0.4 is 62.1 Å². The minimum Gasteiger partial charge on any atom is -0.454 e. The maximum absolute atomic E-state index is 13.5. The second-order valence-corrected chi connectivity index (χ2v) is 29.1. The van der Waals surface area contributed by atoms with Crippen molar-refractivity contribution in [2.24, 2.45) is 0 Å². The molecule has 6 aromatic carbocycles. The van der Waals surface area contributed by atoms with Crippen LogP contribution in [0.1, 0.15) is 195 Å². The molecule has 9 N–H and O–H groups in total. The molecule has 11 aliphatic heterocycles. The van der Waals surface area contributed by atoms with Gasteiger partial charge in [0.2, 0.25) is 35.7 Å². The number of carbonyl (C=O) groups excluding carboxylic acids is 6. The Labute approximate surface area is 710 Å².